The summed E-state index contributed by atoms with van der Waals surface area (Å²) in [5.74, 6) is -0.697. The topological polar surface area (TPSA) is 83.7 Å². The van der Waals surface area contributed by atoms with Crippen LogP contribution in [0.1, 0.15) is 52.8 Å². The average molecular weight is 389 g/mol. The summed E-state index contributed by atoms with van der Waals surface area (Å²) < 4.78 is 5.07. The number of rotatable bonds is 5. The predicted molar refractivity (Wildman–Crippen MR) is 113 cm³/mol. The first kappa shape index (κ1) is 20.1. The Morgan fingerprint density at radius 3 is 2.31 bits per heavy atom. The minimum absolute atomic E-state index is 0.0771. The van der Waals surface area contributed by atoms with Gasteiger partial charge in [-0.2, -0.15) is 5.10 Å². The number of nitrogens with zero attached hydrogens (tertiary/aromatic N) is 1. The fourth-order valence-corrected chi connectivity index (χ4v) is 2.68. The molecule has 1 heterocycles. The summed E-state index contributed by atoms with van der Waals surface area (Å²) >= 11 is 0. The maximum absolute atomic E-state index is 12.5. The van der Waals surface area contributed by atoms with Crippen molar-refractivity contribution >= 4 is 23.7 Å². The quantitative estimate of drug-likeness (QED) is 0.494. The molecular weight excluding hydrogens is 366 g/mol. The number of anilines is 1. The molecule has 1 aromatic heterocycles. The van der Waals surface area contributed by atoms with Crippen LogP contribution in [0.4, 0.5) is 5.69 Å². The van der Waals surface area contributed by atoms with Crippen LogP contribution in [0.5, 0.6) is 0 Å². The van der Waals surface area contributed by atoms with Gasteiger partial charge in [-0.3, -0.25) is 9.59 Å². The summed E-state index contributed by atoms with van der Waals surface area (Å²) in [5, 5.41) is 6.70. The Balaban J connectivity index is 1.66. The molecule has 3 rings (SSSR count). The monoisotopic (exact) mass is 389 g/mol. The number of carbonyl (C=O) groups is 2. The Morgan fingerprint density at radius 1 is 0.931 bits per heavy atom. The Hall–Kier alpha value is -3.67. The first-order valence-electron chi connectivity index (χ1n) is 9.22. The largest absolute Gasteiger partial charge is 0.459 e. The zero-order valence-corrected chi connectivity index (χ0v) is 16.6. The fourth-order valence-electron chi connectivity index (χ4n) is 2.68. The smallest absolute Gasteiger partial charge is 0.291 e. The van der Waals surface area contributed by atoms with Crippen LogP contribution in [0, 0.1) is 0 Å². The Bertz CT molecular complexity index is 1010. The summed E-state index contributed by atoms with van der Waals surface area (Å²) in [6, 6.07) is 17.9. The van der Waals surface area contributed by atoms with Gasteiger partial charge in [0.1, 0.15) is 0 Å². The third kappa shape index (κ3) is 5.19. The van der Waals surface area contributed by atoms with Gasteiger partial charge in [0.25, 0.3) is 11.8 Å². The van der Waals surface area contributed by atoms with Crippen molar-refractivity contribution < 1.29 is 14.0 Å². The third-order valence-electron chi connectivity index (χ3n) is 4.32. The summed E-state index contributed by atoms with van der Waals surface area (Å²) in [7, 11) is 0. The number of furan rings is 1. The van der Waals surface area contributed by atoms with Crippen molar-refractivity contribution in [2.75, 3.05) is 5.32 Å². The number of hydrazone groups is 1. The van der Waals surface area contributed by atoms with E-state index in [4.69, 9.17) is 4.42 Å². The lowest BCUT2D eigenvalue weighted by Gasteiger charge is -2.18. The normalized spacial score (nSPS) is 11.4. The zero-order chi connectivity index (χ0) is 20.9. The van der Waals surface area contributed by atoms with Gasteiger partial charge in [0, 0.05) is 0 Å². The van der Waals surface area contributed by atoms with Crippen molar-refractivity contribution in [3.05, 3.63) is 89.4 Å². The molecule has 0 aliphatic rings. The molecule has 0 radical (unpaired) electrons. The van der Waals surface area contributed by atoms with Gasteiger partial charge >= 0.3 is 0 Å². The summed E-state index contributed by atoms with van der Waals surface area (Å²) in [6.07, 6.45) is 2.99. The van der Waals surface area contributed by atoms with Crippen molar-refractivity contribution in [3.8, 4) is 0 Å². The first-order valence-corrected chi connectivity index (χ1v) is 9.22. The van der Waals surface area contributed by atoms with Crippen LogP contribution < -0.4 is 10.7 Å². The van der Waals surface area contributed by atoms with Gasteiger partial charge in [0.2, 0.25) is 0 Å². The number of benzene rings is 2. The maximum atomic E-state index is 12.5. The van der Waals surface area contributed by atoms with E-state index in [1.807, 2.05) is 24.3 Å². The van der Waals surface area contributed by atoms with E-state index >= 15 is 0 Å². The molecule has 2 amide bonds. The van der Waals surface area contributed by atoms with E-state index in [2.05, 4.69) is 36.6 Å². The van der Waals surface area contributed by atoms with Gasteiger partial charge in [0.15, 0.2) is 5.76 Å². The van der Waals surface area contributed by atoms with E-state index < -0.39 is 11.8 Å². The summed E-state index contributed by atoms with van der Waals surface area (Å²) in [6.45, 7) is 6.45. The molecular formula is C23H23N3O3. The molecule has 2 aromatic carbocycles. The number of carbonyl (C=O) groups excluding carboxylic acids is 2. The van der Waals surface area contributed by atoms with E-state index in [1.54, 1.807) is 42.6 Å². The third-order valence-corrected chi connectivity index (χ3v) is 4.32. The van der Waals surface area contributed by atoms with Crippen molar-refractivity contribution in [3.63, 3.8) is 0 Å². The van der Waals surface area contributed by atoms with Crippen molar-refractivity contribution in [2.24, 2.45) is 5.10 Å². The molecule has 6 nitrogen and oxygen atoms in total. The zero-order valence-electron chi connectivity index (χ0n) is 16.6. The predicted octanol–water partition coefficient (Wildman–Crippen LogP) is 4.59. The van der Waals surface area contributed by atoms with Crippen LogP contribution >= 0.6 is 0 Å². The molecule has 0 aliphatic heterocycles. The molecule has 0 fully saturated rings. The second kappa shape index (κ2) is 8.56. The molecule has 0 unspecified atom stereocenters. The van der Waals surface area contributed by atoms with Crippen LogP contribution in [0.3, 0.4) is 0 Å². The molecule has 0 atom stereocenters. The van der Waals surface area contributed by atoms with Gasteiger partial charge < -0.3 is 9.73 Å². The molecule has 6 heteroatoms. The van der Waals surface area contributed by atoms with E-state index in [0.29, 0.717) is 11.3 Å². The minimum atomic E-state index is -0.433. The van der Waals surface area contributed by atoms with Gasteiger partial charge in [-0.05, 0) is 40.8 Å². The van der Waals surface area contributed by atoms with Crippen molar-refractivity contribution in [1.82, 2.24) is 5.43 Å². The van der Waals surface area contributed by atoms with Crippen LogP contribution in [0.2, 0.25) is 0 Å². The maximum Gasteiger partial charge on any atom is 0.291 e. The van der Waals surface area contributed by atoms with Crippen LogP contribution in [0.15, 0.2) is 76.4 Å². The van der Waals surface area contributed by atoms with E-state index in [0.717, 1.165) is 5.56 Å². The first-order chi connectivity index (χ1) is 13.8. The molecule has 148 valence electrons. The number of nitrogens with one attached hydrogen (secondary N) is 2. The molecule has 0 spiro atoms. The highest BCUT2D eigenvalue weighted by Gasteiger charge is 2.15. The lowest BCUT2D eigenvalue weighted by molar-refractivity contribution is 0.0956. The van der Waals surface area contributed by atoms with E-state index in [-0.39, 0.29) is 11.2 Å². The second-order valence-electron chi connectivity index (χ2n) is 7.55. The van der Waals surface area contributed by atoms with Crippen molar-refractivity contribution in [1.29, 1.82) is 0 Å². The minimum Gasteiger partial charge on any atom is -0.459 e. The lowest BCUT2D eigenvalue weighted by Crippen LogP contribution is -2.21. The van der Waals surface area contributed by atoms with Crippen LogP contribution in [-0.2, 0) is 5.41 Å². The number of hydrogen-bond acceptors (Lipinski definition) is 4. The highest BCUT2D eigenvalue weighted by atomic mass is 16.3. The summed E-state index contributed by atoms with van der Waals surface area (Å²) in [5.41, 5.74) is 5.34. The Kier molecular flexibility index (Phi) is 5.93. The van der Waals surface area contributed by atoms with Gasteiger partial charge in [0.05, 0.1) is 23.7 Å². The molecule has 29 heavy (non-hydrogen) atoms. The standard InChI is InChI=1S/C23H23N3O3/c1-23(2,3)17-12-10-16(11-13-17)15-24-26-21(27)18-7-4-5-8-19(18)25-22(28)20-9-6-14-29-20/h4-15H,1-3H3,(H,25,28)(H,26,27)/b24-15-. The molecule has 0 saturated carbocycles. The van der Waals surface area contributed by atoms with Crippen molar-refractivity contribution in [2.45, 2.75) is 26.2 Å². The Morgan fingerprint density at radius 2 is 1.66 bits per heavy atom. The molecule has 0 bridgehead atoms. The van der Waals surface area contributed by atoms with Crippen LogP contribution in [-0.4, -0.2) is 18.0 Å². The van der Waals surface area contributed by atoms with Gasteiger partial charge in [-0.1, -0.05) is 57.2 Å². The van der Waals surface area contributed by atoms with E-state index in [1.165, 1.54) is 11.8 Å². The van der Waals surface area contributed by atoms with Crippen LogP contribution in [0.25, 0.3) is 0 Å². The fraction of sp³-hybridized carbons (Fsp3) is 0.174. The number of hydrogen-bond donors (Lipinski definition) is 2. The molecule has 2 N–H and O–H groups in total. The average Bonchev–Trinajstić information content (AvgIpc) is 3.23. The SMILES string of the molecule is CC(C)(C)c1ccc(/C=N\NC(=O)c2ccccc2NC(=O)c2ccco2)cc1. The molecule has 0 aliphatic carbocycles. The lowest BCUT2D eigenvalue weighted by atomic mass is 9.87. The highest BCUT2D eigenvalue weighted by molar-refractivity contribution is 6.07. The molecule has 0 saturated heterocycles. The van der Waals surface area contributed by atoms with Gasteiger partial charge in [-0.15, -0.1) is 0 Å². The summed E-state index contributed by atoms with van der Waals surface area (Å²) in [4.78, 5) is 24.7. The number of amides is 2. The van der Waals surface area contributed by atoms with Gasteiger partial charge in [-0.25, -0.2) is 5.43 Å². The Labute approximate surface area is 169 Å². The molecule has 3 aromatic rings. The number of para-hydroxylation sites is 1. The second-order valence-corrected chi connectivity index (χ2v) is 7.55. The highest BCUT2D eigenvalue weighted by Crippen LogP contribution is 2.22. The van der Waals surface area contributed by atoms with E-state index in [9.17, 15) is 9.59 Å².